The zero-order valence-corrected chi connectivity index (χ0v) is 10.1. The van der Waals surface area contributed by atoms with Crippen molar-refractivity contribution in [2.45, 2.75) is 26.4 Å². The molecular weight excluding hydrogens is 225 g/mol. The maximum atomic E-state index is 11.9. The number of alkyl halides is 1. The van der Waals surface area contributed by atoms with E-state index < -0.39 is 18.6 Å². The van der Waals surface area contributed by atoms with Crippen LogP contribution in [0, 0.1) is 0 Å². The summed E-state index contributed by atoms with van der Waals surface area (Å²) in [5.74, 6) is 0.405. The number of benzene rings is 1. The molecule has 1 N–H and O–H groups in total. The van der Waals surface area contributed by atoms with Crippen molar-refractivity contribution in [1.82, 2.24) is 0 Å². The number of carbonyl (C=O) groups excluding carboxylic acids is 1. The summed E-state index contributed by atoms with van der Waals surface area (Å²) in [6, 6.07) is 6.34. The van der Waals surface area contributed by atoms with Gasteiger partial charge in [-0.3, -0.25) is 5.32 Å². The summed E-state index contributed by atoms with van der Waals surface area (Å²) in [6.45, 7) is 4.47. The van der Waals surface area contributed by atoms with E-state index in [2.05, 4.69) is 10.1 Å². The molecule has 0 atom stereocenters. The summed E-state index contributed by atoms with van der Waals surface area (Å²) < 4.78 is 21.6. The normalized spacial score (nSPS) is 10.8. The van der Waals surface area contributed by atoms with Crippen LogP contribution in [0.2, 0.25) is 0 Å². The maximum absolute atomic E-state index is 11.9. The Hall–Kier alpha value is -1.78. The Morgan fingerprint density at radius 3 is 2.35 bits per heavy atom. The van der Waals surface area contributed by atoms with Crippen molar-refractivity contribution in [2.75, 3.05) is 12.2 Å². The number of hydrogen-bond donors (Lipinski definition) is 1. The van der Waals surface area contributed by atoms with Crippen LogP contribution in [0.3, 0.4) is 0 Å². The SMILES string of the molecule is CC(C)(C)OC(=O)Nc1ccc(OCF)cc1. The van der Waals surface area contributed by atoms with Crippen LogP contribution in [0.5, 0.6) is 5.75 Å². The van der Waals surface area contributed by atoms with E-state index in [0.29, 0.717) is 11.4 Å². The summed E-state index contributed by atoms with van der Waals surface area (Å²) in [7, 11) is 0. The molecule has 0 saturated heterocycles. The Bertz CT molecular complexity index is 370. The van der Waals surface area contributed by atoms with Crippen molar-refractivity contribution in [3.8, 4) is 5.75 Å². The maximum Gasteiger partial charge on any atom is 0.412 e. The van der Waals surface area contributed by atoms with Crippen LogP contribution in [0.25, 0.3) is 0 Å². The molecule has 4 nitrogen and oxygen atoms in total. The van der Waals surface area contributed by atoms with Crippen molar-refractivity contribution in [3.05, 3.63) is 24.3 Å². The monoisotopic (exact) mass is 241 g/mol. The molecule has 0 aromatic heterocycles. The van der Waals surface area contributed by atoms with E-state index in [0.717, 1.165) is 0 Å². The number of rotatable bonds is 3. The van der Waals surface area contributed by atoms with Crippen LogP contribution >= 0.6 is 0 Å². The molecule has 1 aromatic carbocycles. The standard InChI is InChI=1S/C12H16FNO3/c1-12(2,3)17-11(15)14-9-4-6-10(7-5-9)16-8-13/h4-7H,8H2,1-3H3,(H,14,15). The molecule has 1 aromatic rings. The zero-order chi connectivity index (χ0) is 12.9. The summed E-state index contributed by atoms with van der Waals surface area (Å²) in [5.41, 5.74) is 0.0203. The van der Waals surface area contributed by atoms with E-state index in [9.17, 15) is 9.18 Å². The minimum atomic E-state index is -0.876. The molecule has 5 heteroatoms. The summed E-state index contributed by atoms with van der Waals surface area (Å²) >= 11 is 0. The van der Waals surface area contributed by atoms with Gasteiger partial charge in [-0.25, -0.2) is 9.18 Å². The third kappa shape index (κ3) is 5.19. The van der Waals surface area contributed by atoms with Crippen molar-refractivity contribution < 1.29 is 18.7 Å². The largest absolute Gasteiger partial charge is 0.463 e. The minimum absolute atomic E-state index is 0.405. The van der Waals surface area contributed by atoms with Crippen LogP contribution in [-0.2, 0) is 4.74 Å². The van der Waals surface area contributed by atoms with Crippen LogP contribution in [0.15, 0.2) is 24.3 Å². The molecule has 0 aliphatic carbocycles. The van der Waals surface area contributed by atoms with Crippen molar-refractivity contribution in [3.63, 3.8) is 0 Å². The molecule has 0 heterocycles. The number of ether oxygens (including phenoxy) is 2. The second-order valence-electron chi connectivity index (χ2n) is 4.40. The molecule has 0 aliphatic heterocycles. The Labute approximate surface area is 99.7 Å². The first kappa shape index (κ1) is 13.3. The highest BCUT2D eigenvalue weighted by molar-refractivity contribution is 5.84. The van der Waals surface area contributed by atoms with E-state index in [1.807, 2.05) is 0 Å². The molecular formula is C12H16FNO3. The molecule has 0 unspecified atom stereocenters. The molecule has 0 spiro atoms. The first-order chi connectivity index (χ1) is 7.90. The number of nitrogens with one attached hydrogen (secondary N) is 1. The van der Waals surface area contributed by atoms with E-state index in [1.54, 1.807) is 45.0 Å². The van der Waals surface area contributed by atoms with Gasteiger partial charge in [-0.2, -0.15) is 0 Å². The first-order valence-electron chi connectivity index (χ1n) is 5.19. The van der Waals surface area contributed by atoms with Gasteiger partial charge >= 0.3 is 6.09 Å². The smallest absolute Gasteiger partial charge is 0.412 e. The Morgan fingerprint density at radius 1 is 1.29 bits per heavy atom. The second-order valence-corrected chi connectivity index (χ2v) is 4.40. The van der Waals surface area contributed by atoms with Crippen LogP contribution in [0.1, 0.15) is 20.8 Å². The van der Waals surface area contributed by atoms with Crippen molar-refractivity contribution >= 4 is 11.8 Å². The third-order valence-corrected chi connectivity index (χ3v) is 1.72. The number of hydrogen-bond acceptors (Lipinski definition) is 3. The molecule has 94 valence electrons. The highest BCUT2D eigenvalue weighted by Crippen LogP contribution is 2.16. The quantitative estimate of drug-likeness (QED) is 0.882. The average molecular weight is 241 g/mol. The molecule has 0 radical (unpaired) electrons. The van der Waals surface area contributed by atoms with Gasteiger partial charge in [-0.1, -0.05) is 0 Å². The molecule has 0 bridgehead atoms. The van der Waals surface area contributed by atoms with E-state index in [-0.39, 0.29) is 0 Å². The van der Waals surface area contributed by atoms with Gasteiger partial charge in [-0.15, -0.1) is 0 Å². The van der Waals surface area contributed by atoms with Crippen LogP contribution in [0.4, 0.5) is 14.9 Å². The highest BCUT2D eigenvalue weighted by Gasteiger charge is 2.15. The van der Waals surface area contributed by atoms with Crippen LogP contribution in [-0.4, -0.2) is 18.6 Å². The topological polar surface area (TPSA) is 47.6 Å². The predicted molar refractivity (Wildman–Crippen MR) is 62.9 cm³/mol. The number of anilines is 1. The van der Waals surface area contributed by atoms with Gasteiger partial charge in [0.1, 0.15) is 11.4 Å². The second kappa shape index (κ2) is 5.52. The summed E-state index contributed by atoms with van der Waals surface area (Å²) in [4.78, 5) is 11.4. The lowest BCUT2D eigenvalue weighted by Crippen LogP contribution is -2.27. The number of amides is 1. The lowest BCUT2D eigenvalue weighted by molar-refractivity contribution is 0.0636. The molecule has 0 saturated carbocycles. The Balaban J connectivity index is 2.54. The summed E-state index contributed by atoms with van der Waals surface area (Å²) in [6.07, 6.45) is -0.531. The molecule has 1 rings (SSSR count). The summed E-state index contributed by atoms with van der Waals surface area (Å²) in [5, 5.41) is 2.56. The van der Waals surface area contributed by atoms with Gasteiger partial charge in [0, 0.05) is 5.69 Å². The van der Waals surface area contributed by atoms with E-state index >= 15 is 0 Å². The number of halogens is 1. The van der Waals surface area contributed by atoms with E-state index in [4.69, 9.17) is 4.74 Å². The van der Waals surface area contributed by atoms with Gasteiger partial charge in [0.05, 0.1) is 0 Å². The molecule has 0 aliphatic rings. The lowest BCUT2D eigenvalue weighted by Gasteiger charge is -2.19. The number of carbonyl (C=O) groups is 1. The molecule has 1 amide bonds. The zero-order valence-electron chi connectivity index (χ0n) is 10.1. The fourth-order valence-corrected chi connectivity index (χ4v) is 1.12. The van der Waals surface area contributed by atoms with Gasteiger partial charge in [0.2, 0.25) is 6.86 Å². The Kier molecular flexibility index (Phi) is 4.31. The lowest BCUT2D eigenvalue weighted by atomic mass is 10.2. The first-order valence-corrected chi connectivity index (χ1v) is 5.19. The van der Waals surface area contributed by atoms with Gasteiger partial charge in [-0.05, 0) is 45.0 Å². The van der Waals surface area contributed by atoms with Crippen molar-refractivity contribution in [2.24, 2.45) is 0 Å². The minimum Gasteiger partial charge on any atom is -0.463 e. The van der Waals surface area contributed by atoms with Crippen LogP contribution < -0.4 is 10.1 Å². The fraction of sp³-hybridized carbons (Fsp3) is 0.417. The van der Waals surface area contributed by atoms with Gasteiger partial charge in [0.25, 0.3) is 0 Å². The van der Waals surface area contributed by atoms with E-state index in [1.165, 1.54) is 0 Å². The van der Waals surface area contributed by atoms with Crippen molar-refractivity contribution in [1.29, 1.82) is 0 Å². The molecule has 0 fully saturated rings. The Morgan fingerprint density at radius 2 is 1.88 bits per heavy atom. The van der Waals surface area contributed by atoms with Gasteiger partial charge < -0.3 is 9.47 Å². The predicted octanol–water partition coefficient (Wildman–Crippen LogP) is 3.34. The third-order valence-electron chi connectivity index (χ3n) is 1.72. The average Bonchev–Trinajstić information content (AvgIpc) is 2.18. The molecule has 17 heavy (non-hydrogen) atoms. The fourth-order valence-electron chi connectivity index (χ4n) is 1.12. The van der Waals surface area contributed by atoms with Gasteiger partial charge in [0.15, 0.2) is 0 Å². The highest BCUT2D eigenvalue weighted by atomic mass is 19.1.